The summed E-state index contributed by atoms with van der Waals surface area (Å²) in [6.45, 7) is 9.24. The van der Waals surface area contributed by atoms with Crippen molar-refractivity contribution in [1.82, 2.24) is 15.8 Å². The average Bonchev–Trinajstić information content (AvgIpc) is 2.82. The fourth-order valence-electron chi connectivity index (χ4n) is 3.45. The van der Waals surface area contributed by atoms with Gasteiger partial charge in [-0.1, -0.05) is 30.8 Å². The second-order valence-corrected chi connectivity index (χ2v) is 7.08. The third-order valence-corrected chi connectivity index (χ3v) is 4.93. The molecular formula is C20H36N4O2. The summed E-state index contributed by atoms with van der Waals surface area (Å²) in [7, 11) is 0. The maximum absolute atomic E-state index is 6.03. The van der Waals surface area contributed by atoms with Crippen LogP contribution in [0.5, 0.6) is 0 Å². The van der Waals surface area contributed by atoms with Gasteiger partial charge in [0.25, 0.3) is 0 Å². The maximum atomic E-state index is 6.03. The van der Waals surface area contributed by atoms with Crippen LogP contribution in [-0.4, -0.2) is 43.5 Å². The van der Waals surface area contributed by atoms with Crippen LogP contribution >= 0.6 is 0 Å². The fraction of sp³-hybridized carbons (Fsp3) is 0.800. The highest BCUT2D eigenvalue weighted by Gasteiger charge is 2.12. The molecule has 0 radical (unpaired) electrons. The smallest absolute Gasteiger partial charge is 0.191 e. The standard InChI is InChI=1S/C20H36N4O2/c1-4-21-20(22-13-9-12-19-16(2)24-26-17(19)3)23-14-15-25-18-10-7-5-6-8-11-18/h18H,4-15H2,1-3H3,(H2,21,22,23). The van der Waals surface area contributed by atoms with Crippen LogP contribution in [0.2, 0.25) is 0 Å². The molecule has 1 aromatic rings. The molecule has 1 saturated carbocycles. The first-order chi connectivity index (χ1) is 12.7. The summed E-state index contributed by atoms with van der Waals surface area (Å²) in [5.74, 6) is 1.79. The van der Waals surface area contributed by atoms with Crippen LogP contribution in [0.4, 0.5) is 0 Å². The molecule has 26 heavy (non-hydrogen) atoms. The largest absolute Gasteiger partial charge is 0.376 e. The molecule has 0 aliphatic heterocycles. The normalized spacial score (nSPS) is 16.5. The monoisotopic (exact) mass is 364 g/mol. The fourth-order valence-corrected chi connectivity index (χ4v) is 3.45. The lowest BCUT2D eigenvalue weighted by Gasteiger charge is -2.16. The topological polar surface area (TPSA) is 71.7 Å². The van der Waals surface area contributed by atoms with E-state index in [0.29, 0.717) is 6.10 Å². The number of aromatic nitrogens is 1. The molecule has 0 spiro atoms. The Kier molecular flexibility index (Phi) is 9.53. The molecule has 1 heterocycles. The van der Waals surface area contributed by atoms with Gasteiger partial charge in [-0.3, -0.25) is 4.99 Å². The van der Waals surface area contributed by atoms with Gasteiger partial charge < -0.3 is 19.9 Å². The summed E-state index contributed by atoms with van der Waals surface area (Å²) in [5, 5.41) is 10.7. The van der Waals surface area contributed by atoms with Crippen LogP contribution in [0, 0.1) is 13.8 Å². The number of aryl methyl sites for hydroxylation is 2. The predicted octanol–water partition coefficient (Wildman–Crippen LogP) is 3.52. The number of aliphatic imine (C=N–C) groups is 1. The zero-order chi connectivity index (χ0) is 18.6. The Labute approximate surface area is 158 Å². The highest BCUT2D eigenvalue weighted by molar-refractivity contribution is 5.79. The Balaban J connectivity index is 1.65. The van der Waals surface area contributed by atoms with Crippen LogP contribution in [0.25, 0.3) is 0 Å². The van der Waals surface area contributed by atoms with Gasteiger partial charge in [-0.25, -0.2) is 0 Å². The minimum absolute atomic E-state index is 0.453. The number of rotatable bonds is 9. The Morgan fingerprint density at radius 1 is 1.19 bits per heavy atom. The van der Waals surface area contributed by atoms with Gasteiger partial charge in [0.1, 0.15) is 5.76 Å². The zero-order valence-electron chi connectivity index (χ0n) is 16.8. The Morgan fingerprint density at radius 2 is 1.96 bits per heavy atom. The van der Waals surface area contributed by atoms with Crippen molar-refractivity contribution in [3.05, 3.63) is 17.0 Å². The van der Waals surface area contributed by atoms with Crippen molar-refractivity contribution >= 4 is 5.96 Å². The van der Waals surface area contributed by atoms with Crippen molar-refractivity contribution < 1.29 is 9.26 Å². The molecule has 0 aromatic carbocycles. The van der Waals surface area contributed by atoms with Gasteiger partial charge in [0.2, 0.25) is 0 Å². The summed E-state index contributed by atoms with van der Waals surface area (Å²) in [6, 6.07) is 0. The van der Waals surface area contributed by atoms with Crippen molar-refractivity contribution in [3.63, 3.8) is 0 Å². The van der Waals surface area contributed by atoms with E-state index in [9.17, 15) is 0 Å². The molecule has 1 aliphatic rings. The van der Waals surface area contributed by atoms with Crippen LogP contribution in [0.1, 0.15) is 68.9 Å². The Bertz CT molecular complexity index is 514. The predicted molar refractivity (Wildman–Crippen MR) is 106 cm³/mol. The number of ether oxygens (including phenoxy) is 1. The highest BCUT2D eigenvalue weighted by Crippen LogP contribution is 2.19. The van der Waals surface area contributed by atoms with Gasteiger partial charge in [0.05, 0.1) is 18.4 Å². The molecule has 0 saturated heterocycles. The molecule has 1 aliphatic carbocycles. The Hall–Kier alpha value is -1.56. The molecule has 2 N–H and O–H groups in total. The molecule has 6 heteroatoms. The van der Waals surface area contributed by atoms with Gasteiger partial charge in [0.15, 0.2) is 5.96 Å². The number of nitrogens with one attached hydrogen (secondary N) is 2. The van der Waals surface area contributed by atoms with E-state index in [1.54, 1.807) is 0 Å². The first-order valence-corrected chi connectivity index (χ1v) is 10.3. The zero-order valence-corrected chi connectivity index (χ0v) is 16.8. The minimum atomic E-state index is 0.453. The summed E-state index contributed by atoms with van der Waals surface area (Å²) in [6.07, 6.45) is 10.2. The van der Waals surface area contributed by atoms with Gasteiger partial charge in [-0.2, -0.15) is 0 Å². The van der Waals surface area contributed by atoms with Crippen molar-refractivity contribution in [1.29, 1.82) is 0 Å². The Morgan fingerprint density at radius 3 is 2.62 bits per heavy atom. The van der Waals surface area contributed by atoms with Crippen molar-refractivity contribution in [3.8, 4) is 0 Å². The van der Waals surface area contributed by atoms with E-state index in [1.165, 1.54) is 44.1 Å². The van der Waals surface area contributed by atoms with E-state index in [4.69, 9.17) is 9.26 Å². The van der Waals surface area contributed by atoms with Crippen molar-refractivity contribution in [2.75, 3.05) is 26.2 Å². The third-order valence-electron chi connectivity index (χ3n) is 4.93. The molecule has 0 amide bonds. The van der Waals surface area contributed by atoms with Crippen LogP contribution in [-0.2, 0) is 11.2 Å². The molecule has 0 bridgehead atoms. The molecule has 0 atom stereocenters. The summed E-state index contributed by atoms with van der Waals surface area (Å²) in [4.78, 5) is 4.66. The summed E-state index contributed by atoms with van der Waals surface area (Å²) >= 11 is 0. The van der Waals surface area contributed by atoms with Gasteiger partial charge >= 0.3 is 0 Å². The van der Waals surface area contributed by atoms with E-state index in [0.717, 1.165) is 56.5 Å². The number of hydrogen-bond donors (Lipinski definition) is 2. The van der Waals surface area contributed by atoms with E-state index in [-0.39, 0.29) is 0 Å². The molecule has 1 aromatic heterocycles. The lowest BCUT2D eigenvalue weighted by atomic mass is 10.1. The quantitative estimate of drug-likeness (QED) is 0.304. The van der Waals surface area contributed by atoms with E-state index in [1.807, 2.05) is 13.8 Å². The molecular weight excluding hydrogens is 328 g/mol. The minimum Gasteiger partial charge on any atom is -0.376 e. The van der Waals surface area contributed by atoms with E-state index < -0.39 is 0 Å². The summed E-state index contributed by atoms with van der Waals surface area (Å²) < 4.78 is 11.2. The lowest BCUT2D eigenvalue weighted by molar-refractivity contribution is 0.0468. The molecule has 0 unspecified atom stereocenters. The second kappa shape index (κ2) is 11.9. The SMILES string of the molecule is CCNC(=NCCCc1c(C)noc1C)NCCOC1CCCCCC1. The molecule has 2 rings (SSSR count). The van der Waals surface area contributed by atoms with Crippen LogP contribution < -0.4 is 10.6 Å². The van der Waals surface area contributed by atoms with Crippen molar-refractivity contribution in [2.24, 2.45) is 4.99 Å². The lowest BCUT2D eigenvalue weighted by Crippen LogP contribution is -2.39. The molecule has 148 valence electrons. The van der Waals surface area contributed by atoms with Crippen LogP contribution in [0.3, 0.4) is 0 Å². The number of guanidine groups is 1. The third kappa shape index (κ3) is 7.36. The summed E-state index contributed by atoms with van der Waals surface area (Å²) in [5.41, 5.74) is 2.21. The van der Waals surface area contributed by atoms with Crippen molar-refractivity contribution in [2.45, 2.75) is 78.2 Å². The number of hydrogen-bond acceptors (Lipinski definition) is 4. The van der Waals surface area contributed by atoms with Crippen LogP contribution in [0.15, 0.2) is 9.52 Å². The van der Waals surface area contributed by atoms with Gasteiger partial charge in [-0.15, -0.1) is 0 Å². The first-order valence-electron chi connectivity index (χ1n) is 10.3. The van der Waals surface area contributed by atoms with Gasteiger partial charge in [-0.05, 0) is 46.5 Å². The first kappa shape index (κ1) is 20.7. The average molecular weight is 365 g/mol. The second-order valence-electron chi connectivity index (χ2n) is 7.08. The van der Waals surface area contributed by atoms with E-state index in [2.05, 4.69) is 27.7 Å². The van der Waals surface area contributed by atoms with Gasteiger partial charge in [0, 0.05) is 25.2 Å². The maximum Gasteiger partial charge on any atom is 0.191 e. The van der Waals surface area contributed by atoms with E-state index >= 15 is 0 Å². The molecule has 6 nitrogen and oxygen atoms in total. The molecule has 1 fully saturated rings. The highest BCUT2D eigenvalue weighted by atomic mass is 16.5. The number of nitrogens with zero attached hydrogens (tertiary/aromatic N) is 2.